The van der Waals surface area contributed by atoms with Crippen LogP contribution in [0.15, 0.2) is 12.2 Å². The summed E-state index contributed by atoms with van der Waals surface area (Å²) >= 11 is 0. The Hall–Kier alpha value is -0.950. The molecule has 18 heavy (non-hydrogen) atoms. The quantitative estimate of drug-likeness (QED) is 0.446. The first-order chi connectivity index (χ1) is 8.68. The van der Waals surface area contributed by atoms with Crippen molar-refractivity contribution in [1.82, 2.24) is 0 Å². The Morgan fingerprint density at radius 1 is 1.06 bits per heavy atom. The highest BCUT2D eigenvalue weighted by atomic mass is 16.5. The number of ether oxygens (including phenoxy) is 3. The normalized spacial score (nSPS) is 10.2. The molecule has 0 bridgehead atoms. The molecule has 2 N–H and O–H groups in total. The summed E-state index contributed by atoms with van der Waals surface area (Å²) in [5.74, 6) is -0.891. The van der Waals surface area contributed by atoms with Crippen molar-refractivity contribution in [1.29, 1.82) is 0 Å². The number of carboxylic acids is 1. The van der Waals surface area contributed by atoms with Crippen LogP contribution in [0, 0.1) is 0 Å². The molecule has 0 aliphatic heterocycles. The monoisotopic (exact) mass is 264 g/mol. The van der Waals surface area contributed by atoms with Crippen molar-refractivity contribution in [2.45, 2.75) is 13.8 Å². The lowest BCUT2D eigenvalue weighted by Gasteiger charge is -2.04. The minimum atomic E-state index is -0.891. The van der Waals surface area contributed by atoms with E-state index < -0.39 is 5.97 Å². The maximum Gasteiger partial charge on any atom is 0.327 e. The van der Waals surface area contributed by atoms with Gasteiger partial charge in [0, 0.05) is 12.7 Å². The third-order valence-electron chi connectivity index (χ3n) is 1.49. The Kier molecular flexibility index (Phi) is 19.8. The van der Waals surface area contributed by atoms with Gasteiger partial charge in [-0.15, -0.1) is 0 Å². The molecule has 0 amide bonds. The smallest absolute Gasteiger partial charge is 0.327 e. The van der Waals surface area contributed by atoms with Crippen LogP contribution in [0.5, 0.6) is 0 Å². The van der Waals surface area contributed by atoms with E-state index in [2.05, 4.69) is 0 Å². The van der Waals surface area contributed by atoms with Crippen molar-refractivity contribution in [2.24, 2.45) is 0 Å². The largest absolute Gasteiger partial charge is 0.478 e. The van der Waals surface area contributed by atoms with Gasteiger partial charge in [0.1, 0.15) is 0 Å². The summed E-state index contributed by atoms with van der Waals surface area (Å²) in [7, 11) is 0. The van der Waals surface area contributed by atoms with Gasteiger partial charge in [0.15, 0.2) is 0 Å². The fourth-order valence-corrected chi connectivity index (χ4v) is 0.791. The molecule has 0 aliphatic rings. The number of aliphatic hydroxyl groups is 1. The van der Waals surface area contributed by atoms with Gasteiger partial charge in [0.25, 0.3) is 0 Å². The second-order valence-electron chi connectivity index (χ2n) is 2.98. The van der Waals surface area contributed by atoms with Crippen LogP contribution in [0.1, 0.15) is 13.8 Å². The van der Waals surface area contributed by atoms with E-state index in [0.717, 1.165) is 12.7 Å². The summed E-state index contributed by atoms with van der Waals surface area (Å²) in [4.78, 5) is 9.51. The van der Waals surface area contributed by atoms with Crippen molar-refractivity contribution in [3.63, 3.8) is 0 Å². The highest BCUT2D eigenvalue weighted by Gasteiger charge is 1.88. The first-order valence-corrected chi connectivity index (χ1v) is 5.88. The number of aliphatic hydroxyl groups excluding tert-OH is 1. The maximum atomic E-state index is 9.51. The topological polar surface area (TPSA) is 85.2 Å². The van der Waals surface area contributed by atoms with E-state index in [1.807, 2.05) is 6.92 Å². The summed E-state index contributed by atoms with van der Waals surface area (Å²) in [6.45, 7) is 7.13. The van der Waals surface area contributed by atoms with Crippen LogP contribution >= 0.6 is 0 Å². The predicted octanol–water partition coefficient (Wildman–Crippen LogP) is 0.696. The predicted molar refractivity (Wildman–Crippen MR) is 67.7 cm³/mol. The lowest BCUT2D eigenvalue weighted by Crippen LogP contribution is -2.10. The van der Waals surface area contributed by atoms with E-state index in [4.69, 9.17) is 24.4 Å². The van der Waals surface area contributed by atoms with Crippen LogP contribution in [0.25, 0.3) is 0 Å². The number of carbonyl (C=O) groups is 1. The lowest BCUT2D eigenvalue weighted by atomic mass is 10.5. The molecule has 0 radical (unpaired) electrons. The van der Waals surface area contributed by atoms with Gasteiger partial charge in [-0.3, -0.25) is 0 Å². The van der Waals surface area contributed by atoms with Crippen LogP contribution in [0.4, 0.5) is 0 Å². The number of hydrogen-bond acceptors (Lipinski definition) is 5. The fraction of sp³-hybridized carbons (Fsp3) is 0.750. The second-order valence-corrected chi connectivity index (χ2v) is 2.98. The van der Waals surface area contributed by atoms with Gasteiger partial charge in [-0.1, -0.05) is 6.08 Å². The molecule has 0 saturated carbocycles. The minimum absolute atomic E-state index is 0.0684. The highest BCUT2D eigenvalue weighted by Crippen LogP contribution is 1.80. The van der Waals surface area contributed by atoms with Crippen LogP contribution in [-0.4, -0.2) is 62.4 Å². The maximum absolute atomic E-state index is 9.51. The zero-order chi connectivity index (χ0) is 14.1. The third kappa shape index (κ3) is 24.3. The standard InChI is InChI=1S/C8H18O4.C4H6O2/c1-2-10-5-6-12-8-7-11-4-3-9;1-2-3-4(5)6/h9H,2-8H2,1H3;2-3H,1H3,(H,5,6). The first-order valence-electron chi connectivity index (χ1n) is 5.88. The van der Waals surface area contributed by atoms with Gasteiger partial charge < -0.3 is 24.4 Å². The minimum Gasteiger partial charge on any atom is -0.478 e. The van der Waals surface area contributed by atoms with Crippen LogP contribution in [0.2, 0.25) is 0 Å². The van der Waals surface area contributed by atoms with Crippen LogP contribution in [0.3, 0.4) is 0 Å². The molecule has 0 aromatic heterocycles. The molecule has 0 unspecified atom stereocenters. The zero-order valence-corrected chi connectivity index (χ0v) is 11.1. The van der Waals surface area contributed by atoms with Crippen molar-refractivity contribution in [3.8, 4) is 0 Å². The van der Waals surface area contributed by atoms with Gasteiger partial charge >= 0.3 is 5.97 Å². The molecule has 108 valence electrons. The number of aliphatic carboxylic acids is 1. The molecule has 6 nitrogen and oxygen atoms in total. The summed E-state index contributed by atoms with van der Waals surface area (Å²) in [6, 6.07) is 0. The molecule has 0 aromatic rings. The Balaban J connectivity index is 0. The second kappa shape index (κ2) is 18.4. The van der Waals surface area contributed by atoms with Gasteiger partial charge in [0.05, 0.1) is 39.6 Å². The van der Waals surface area contributed by atoms with E-state index in [1.165, 1.54) is 6.08 Å². The van der Waals surface area contributed by atoms with Crippen molar-refractivity contribution in [3.05, 3.63) is 12.2 Å². The van der Waals surface area contributed by atoms with Crippen molar-refractivity contribution in [2.75, 3.05) is 46.2 Å². The van der Waals surface area contributed by atoms with E-state index in [1.54, 1.807) is 6.92 Å². The van der Waals surface area contributed by atoms with Crippen molar-refractivity contribution < 1.29 is 29.2 Å². The third-order valence-corrected chi connectivity index (χ3v) is 1.49. The van der Waals surface area contributed by atoms with Crippen LogP contribution in [-0.2, 0) is 19.0 Å². The van der Waals surface area contributed by atoms with E-state index in [-0.39, 0.29) is 6.61 Å². The SMILES string of the molecule is CC=CC(=O)O.CCOCCOCCOCCO. The van der Waals surface area contributed by atoms with E-state index in [0.29, 0.717) is 33.0 Å². The fourth-order valence-electron chi connectivity index (χ4n) is 0.791. The van der Waals surface area contributed by atoms with Crippen molar-refractivity contribution >= 4 is 5.97 Å². The molecule has 6 heteroatoms. The first kappa shape index (κ1) is 19.4. The van der Waals surface area contributed by atoms with Gasteiger partial charge in [0.2, 0.25) is 0 Å². The zero-order valence-electron chi connectivity index (χ0n) is 11.1. The van der Waals surface area contributed by atoms with Gasteiger partial charge in [-0.05, 0) is 13.8 Å². The molecule has 0 spiro atoms. The summed E-state index contributed by atoms with van der Waals surface area (Å²) < 4.78 is 15.2. The molecule has 0 saturated heterocycles. The molecule has 0 heterocycles. The Morgan fingerprint density at radius 2 is 1.56 bits per heavy atom. The molecule has 0 atom stereocenters. The van der Waals surface area contributed by atoms with E-state index >= 15 is 0 Å². The van der Waals surface area contributed by atoms with Gasteiger partial charge in [-0.25, -0.2) is 4.79 Å². The summed E-state index contributed by atoms with van der Waals surface area (Å²) in [5, 5.41) is 16.2. The number of allylic oxidation sites excluding steroid dienone is 1. The van der Waals surface area contributed by atoms with Crippen LogP contribution < -0.4 is 0 Å². The molecule has 0 fully saturated rings. The summed E-state index contributed by atoms with van der Waals surface area (Å²) in [5.41, 5.74) is 0. The Morgan fingerprint density at radius 3 is 1.89 bits per heavy atom. The molecular formula is C12H24O6. The molecule has 0 aliphatic carbocycles. The summed E-state index contributed by atoms with van der Waals surface area (Å²) in [6.07, 6.45) is 2.56. The average molecular weight is 264 g/mol. The molecule has 0 rings (SSSR count). The highest BCUT2D eigenvalue weighted by molar-refractivity contribution is 5.79. The van der Waals surface area contributed by atoms with Gasteiger partial charge in [-0.2, -0.15) is 0 Å². The number of rotatable bonds is 10. The molecular weight excluding hydrogens is 240 g/mol. The number of hydrogen-bond donors (Lipinski definition) is 2. The average Bonchev–Trinajstić information content (AvgIpc) is 2.33. The number of carboxylic acid groups (broad SMARTS) is 1. The van der Waals surface area contributed by atoms with E-state index in [9.17, 15) is 4.79 Å². The Bertz CT molecular complexity index is 183. The lowest BCUT2D eigenvalue weighted by molar-refractivity contribution is -0.131. The molecule has 0 aromatic carbocycles. The Labute approximate surface area is 108 Å².